The lowest BCUT2D eigenvalue weighted by Gasteiger charge is -2.48. The molecule has 0 radical (unpaired) electrons. The summed E-state index contributed by atoms with van der Waals surface area (Å²) in [7, 11) is 0. The molecule has 2 aliphatic heterocycles. The number of nitrogens with zero attached hydrogens (tertiary/aromatic N) is 4. The van der Waals surface area contributed by atoms with Crippen LogP contribution in [0.15, 0.2) is 29.0 Å². The fourth-order valence-electron chi connectivity index (χ4n) is 3.69. The zero-order valence-electron chi connectivity index (χ0n) is 14.4. The molecule has 2 aliphatic rings. The number of hydrogen-bond acceptors (Lipinski definition) is 6. The first-order valence-corrected chi connectivity index (χ1v) is 9.60. The first-order valence-electron chi connectivity index (χ1n) is 8.66. The summed E-state index contributed by atoms with van der Waals surface area (Å²) in [5.74, 6) is 0.991. The van der Waals surface area contributed by atoms with Gasteiger partial charge in [0.05, 0.1) is 31.0 Å². The SMILES string of the molecule is Cc1ccc(N2CCC[C@]3(CN(C(=O)c4ccsc4)CCO3)C2)nn1. The Morgan fingerprint density at radius 2 is 2.16 bits per heavy atom. The zero-order chi connectivity index (χ0) is 17.3. The number of piperidine rings is 1. The van der Waals surface area contributed by atoms with Crippen LogP contribution in [0.2, 0.25) is 0 Å². The summed E-state index contributed by atoms with van der Waals surface area (Å²) in [6, 6.07) is 5.89. The van der Waals surface area contributed by atoms with Crippen LogP contribution in [0.5, 0.6) is 0 Å². The average molecular weight is 358 g/mol. The molecule has 1 amide bonds. The molecule has 2 fully saturated rings. The molecule has 0 aromatic carbocycles. The van der Waals surface area contributed by atoms with Crippen LogP contribution in [0.25, 0.3) is 0 Å². The van der Waals surface area contributed by atoms with Crippen molar-refractivity contribution in [1.29, 1.82) is 0 Å². The van der Waals surface area contributed by atoms with Crippen LogP contribution in [0.1, 0.15) is 28.9 Å². The van der Waals surface area contributed by atoms with Gasteiger partial charge in [0, 0.05) is 18.5 Å². The molecule has 25 heavy (non-hydrogen) atoms. The number of rotatable bonds is 2. The number of carbonyl (C=O) groups excluding carboxylic acids is 1. The summed E-state index contributed by atoms with van der Waals surface area (Å²) in [4.78, 5) is 16.9. The number of amides is 1. The zero-order valence-corrected chi connectivity index (χ0v) is 15.2. The molecule has 2 aromatic heterocycles. The van der Waals surface area contributed by atoms with Crippen molar-refractivity contribution in [3.63, 3.8) is 0 Å². The Kier molecular flexibility index (Phi) is 4.43. The molecule has 0 bridgehead atoms. The molecule has 1 spiro atoms. The molecular formula is C18H22N4O2S. The van der Waals surface area contributed by atoms with Crippen molar-refractivity contribution in [2.45, 2.75) is 25.4 Å². The number of carbonyl (C=O) groups is 1. The van der Waals surface area contributed by atoms with E-state index in [1.165, 1.54) is 0 Å². The summed E-state index contributed by atoms with van der Waals surface area (Å²) in [5.41, 5.74) is 1.38. The Balaban J connectivity index is 1.50. The van der Waals surface area contributed by atoms with Crippen molar-refractivity contribution < 1.29 is 9.53 Å². The van der Waals surface area contributed by atoms with Gasteiger partial charge >= 0.3 is 0 Å². The molecule has 4 rings (SSSR count). The van der Waals surface area contributed by atoms with E-state index in [0.29, 0.717) is 19.7 Å². The molecule has 4 heterocycles. The van der Waals surface area contributed by atoms with Crippen LogP contribution in [0.4, 0.5) is 5.82 Å². The lowest BCUT2D eigenvalue weighted by molar-refractivity contribution is -0.105. The number of thiophene rings is 1. The first-order chi connectivity index (χ1) is 12.2. The van der Waals surface area contributed by atoms with Crippen molar-refractivity contribution in [2.75, 3.05) is 37.7 Å². The van der Waals surface area contributed by atoms with E-state index >= 15 is 0 Å². The Morgan fingerprint density at radius 1 is 1.24 bits per heavy atom. The lowest BCUT2D eigenvalue weighted by Crippen LogP contribution is -2.61. The minimum absolute atomic E-state index is 0.108. The van der Waals surface area contributed by atoms with Gasteiger partial charge in [-0.3, -0.25) is 4.79 Å². The number of hydrogen-bond donors (Lipinski definition) is 0. The van der Waals surface area contributed by atoms with Gasteiger partial charge in [-0.15, -0.1) is 5.10 Å². The van der Waals surface area contributed by atoms with Gasteiger partial charge in [-0.05, 0) is 43.3 Å². The van der Waals surface area contributed by atoms with Crippen molar-refractivity contribution >= 4 is 23.1 Å². The van der Waals surface area contributed by atoms with Crippen molar-refractivity contribution in [3.05, 3.63) is 40.2 Å². The third-order valence-corrected chi connectivity index (χ3v) is 5.63. The van der Waals surface area contributed by atoms with E-state index in [0.717, 1.165) is 43.0 Å². The number of ether oxygens (including phenoxy) is 1. The van der Waals surface area contributed by atoms with Gasteiger partial charge in [-0.2, -0.15) is 16.4 Å². The van der Waals surface area contributed by atoms with Gasteiger partial charge in [0.1, 0.15) is 5.60 Å². The van der Waals surface area contributed by atoms with Crippen LogP contribution in [0, 0.1) is 6.92 Å². The normalized spacial score (nSPS) is 23.9. The molecular weight excluding hydrogens is 336 g/mol. The molecule has 0 unspecified atom stereocenters. The Labute approximate surface area is 151 Å². The number of anilines is 1. The lowest BCUT2D eigenvalue weighted by atomic mass is 9.90. The Morgan fingerprint density at radius 3 is 2.92 bits per heavy atom. The molecule has 132 valence electrons. The van der Waals surface area contributed by atoms with Crippen LogP contribution in [-0.4, -0.2) is 59.4 Å². The van der Waals surface area contributed by atoms with E-state index in [-0.39, 0.29) is 11.5 Å². The molecule has 2 saturated heterocycles. The summed E-state index contributed by atoms with van der Waals surface area (Å²) >= 11 is 1.56. The predicted molar refractivity (Wildman–Crippen MR) is 97.1 cm³/mol. The van der Waals surface area contributed by atoms with Gasteiger partial charge in [-0.25, -0.2) is 0 Å². The highest BCUT2D eigenvalue weighted by atomic mass is 32.1. The molecule has 0 saturated carbocycles. The second-order valence-electron chi connectivity index (χ2n) is 6.83. The van der Waals surface area contributed by atoms with Crippen LogP contribution in [0.3, 0.4) is 0 Å². The quantitative estimate of drug-likeness (QED) is 0.825. The predicted octanol–water partition coefficient (Wildman–Crippen LogP) is 2.36. The molecule has 1 atom stereocenters. The summed E-state index contributed by atoms with van der Waals surface area (Å²) in [5, 5.41) is 12.3. The maximum absolute atomic E-state index is 12.7. The minimum Gasteiger partial charge on any atom is -0.369 e. The van der Waals surface area contributed by atoms with Crippen molar-refractivity contribution in [3.8, 4) is 0 Å². The van der Waals surface area contributed by atoms with Crippen molar-refractivity contribution in [2.24, 2.45) is 0 Å². The molecule has 0 N–H and O–H groups in total. The Hall–Kier alpha value is -1.99. The van der Waals surface area contributed by atoms with E-state index in [1.54, 1.807) is 11.3 Å². The fourth-order valence-corrected chi connectivity index (χ4v) is 4.32. The number of morpholine rings is 1. The van der Waals surface area contributed by atoms with E-state index in [1.807, 2.05) is 40.8 Å². The average Bonchev–Trinajstić information content (AvgIpc) is 3.16. The van der Waals surface area contributed by atoms with Gasteiger partial charge in [0.15, 0.2) is 5.82 Å². The highest BCUT2D eigenvalue weighted by Crippen LogP contribution is 2.31. The second-order valence-corrected chi connectivity index (χ2v) is 7.61. The minimum atomic E-state index is -0.311. The number of aromatic nitrogens is 2. The van der Waals surface area contributed by atoms with E-state index in [4.69, 9.17) is 4.74 Å². The van der Waals surface area contributed by atoms with Gasteiger partial charge in [-0.1, -0.05) is 0 Å². The molecule has 7 heteroatoms. The first kappa shape index (κ1) is 16.5. The highest BCUT2D eigenvalue weighted by Gasteiger charge is 2.42. The smallest absolute Gasteiger partial charge is 0.254 e. The summed E-state index contributed by atoms with van der Waals surface area (Å²) in [6.07, 6.45) is 1.99. The van der Waals surface area contributed by atoms with Crippen LogP contribution >= 0.6 is 11.3 Å². The van der Waals surface area contributed by atoms with Crippen LogP contribution in [-0.2, 0) is 4.74 Å². The van der Waals surface area contributed by atoms with Crippen LogP contribution < -0.4 is 4.90 Å². The monoisotopic (exact) mass is 358 g/mol. The number of aryl methyl sites for hydroxylation is 1. The highest BCUT2D eigenvalue weighted by molar-refractivity contribution is 7.08. The topological polar surface area (TPSA) is 58.6 Å². The fraction of sp³-hybridized carbons (Fsp3) is 0.500. The van der Waals surface area contributed by atoms with Gasteiger partial charge in [0.2, 0.25) is 0 Å². The molecule has 2 aromatic rings. The van der Waals surface area contributed by atoms with E-state index < -0.39 is 0 Å². The van der Waals surface area contributed by atoms with E-state index in [9.17, 15) is 4.79 Å². The Bertz CT molecular complexity index is 730. The van der Waals surface area contributed by atoms with Gasteiger partial charge in [0.25, 0.3) is 5.91 Å². The second kappa shape index (κ2) is 6.72. The third kappa shape index (κ3) is 3.39. The summed E-state index contributed by atoms with van der Waals surface area (Å²) < 4.78 is 6.20. The van der Waals surface area contributed by atoms with Crippen molar-refractivity contribution in [1.82, 2.24) is 15.1 Å². The maximum Gasteiger partial charge on any atom is 0.254 e. The standard InChI is InChI=1S/C18H22N4O2S/c1-14-3-4-16(20-19-14)21-7-2-6-18(12-21)13-22(8-9-24-18)17(23)15-5-10-25-11-15/h3-5,10-11H,2,6-9,12-13H2,1H3/t18-/m1/s1. The largest absolute Gasteiger partial charge is 0.369 e. The maximum atomic E-state index is 12.7. The molecule has 0 aliphatic carbocycles. The summed E-state index contributed by atoms with van der Waals surface area (Å²) in [6.45, 7) is 5.51. The molecule has 6 nitrogen and oxygen atoms in total. The van der Waals surface area contributed by atoms with E-state index in [2.05, 4.69) is 15.1 Å². The van der Waals surface area contributed by atoms with Gasteiger partial charge < -0.3 is 14.5 Å². The third-order valence-electron chi connectivity index (χ3n) is 4.95.